The van der Waals surface area contributed by atoms with Gasteiger partial charge >= 0.3 is 0 Å². The second kappa shape index (κ2) is 6.36. The van der Waals surface area contributed by atoms with Gasteiger partial charge in [-0.15, -0.1) is 0 Å². The number of nitro groups is 1. The number of nitro benzene ring substituents is 1. The summed E-state index contributed by atoms with van der Waals surface area (Å²) in [5, 5.41) is 11.0. The molecule has 1 fully saturated rings. The van der Waals surface area contributed by atoms with E-state index in [2.05, 4.69) is 0 Å². The maximum absolute atomic E-state index is 11.0. The smallest absolute Gasteiger partial charge is 0.283 e. The molecule has 0 atom stereocenters. The number of hydrogen-bond donors (Lipinski definition) is 0. The standard InChI is InChI=1S/C14H17NO5/c1-19-13-7-10(9-16)12(15(17)18)8-14(13)20-11-5-3-2-4-6-11/h7-9,11H,2-6H2,1H3. The van der Waals surface area contributed by atoms with E-state index in [1.807, 2.05) is 0 Å². The van der Waals surface area contributed by atoms with Gasteiger partial charge in [0.1, 0.15) is 0 Å². The van der Waals surface area contributed by atoms with Gasteiger partial charge in [0, 0.05) is 6.07 Å². The Labute approximate surface area is 116 Å². The molecule has 0 radical (unpaired) electrons. The number of methoxy groups -OCH3 is 1. The SMILES string of the molecule is COc1cc(C=O)c([N+](=O)[O-])cc1OC1CCCCC1. The topological polar surface area (TPSA) is 78.7 Å². The molecular weight excluding hydrogens is 262 g/mol. The lowest BCUT2D eigenvalue weighted by Gasteiger charge is -2.23. The van der Waals surface area contributed by atoms with Gasteiger partial charge < -0.3 is 9.47 Å². The number of ether oxygens (including phenoxy) is 2. The van der Waals surface area contributed by atoms with Gasteiger partial charge in [0.25, 0.3) is 5.69 Å². The lowest BCUT2D eigenvalue weighted by molar-refractivity contribution is -0.385. The third kappa shape index (κ3) is 3.07. The first-order valence-corrected chi connectivity index (χ1v) is 6.64. The summed E-state index contributed by atoms with van der Waals surface area (Å²) in [6.07, 6.45) is 5.77. The second-order valence-corrected chi connectivity index (χ2v) is 4.81. The molecule has 0 bridgehead atoms. The van der Waals surface area contributed by atoms with Gasteiger partial charge in [-0.25, -0.2) is 0 Å². The lowest BCUT2D eigenvalue weighted by Crippen LogP contribution is -2.20. The summed E-state index contributed by atoms with van der Waals surface area (Å²) in [6.45, 7) is 0. The molecule has 0 aromatic heterocycles. The molecule has 108 valence electrons. The first-order valence-electron chi connectivity index (χ1n) is 6.64. The first-order chi connectivity index (χ1) is 9.65. The van der Waals surface area contributed by atoms with Crippen LogP contribution in [-0.2, 0) is 0 Å². The van der Waals surface area contributed by atoms with Crippen LogP contribution in [0.15, 0.2) is 12.1 Å². The van der Waals surface area contributed by atoms with Gasteiger partial charge in [-0.1, -0.05) is 6.42 Å². The van der Waals surface area contributed by atoms with E-state index in [9.17, 15) is 14.9 Å². The summed E-state index contributed by atoms with van der Waals surface area (Å²) in [5.74, 6) is 0.681. The van der Waals surface area contributed by atoms with Crippen molar-refractivity contribution in [3.05, 3.63) is 27.8 Å². The molecule has 1 saturated carbocycles. The Morgan fingerprint density at radius 3 is 2.50 bits per heavy atom. The largest absolute Gasteiger partial charge is 0.493 e. The molecule has 1 aliphatic rings. The number of hydrogen-bond acceptors (Lipinski definition) is 5. The molecule has 1 aromatic carbocycles. The zero-order valence-corrected chi connectivity index (χ0v) is 11.3. The van der Waals surface area contributed by atoms with Crippen LogP contribution in [0.25, 0.3) is 0 Å². The van der Waals surface area contributed by atoms with Gasteiger partial charge in [0.05, 0.1) is 29.8 Å². The van der Waals surface area contributed by atoms with Gasteiger partial charge in [-0.3, -0.25) is 14.9 Å². The normalized spacial score (nSPS) is 15.7. The van der Waals surface area contributed by atoms with Crippen LogP contribution < -0.4 is 9.47 Å². The van der Waals surface area contributed by atoms with Crippen LogP contribution in [0, 0.1) is 10.1 Å². The molecule has 1 aliphatic carbocycles. The molecule has 0 amide bonds. The number of aldehydes is 1. The van der Waals surface area contributed by atoms with Crippen LogP contribution >= 0.6 is 0 Å². The fourth-order valence-electron chi connectivity index (χ4n) is 2.43. The molecule has 6 nitrogen and oxygen atoms in total. The zero-order chi connectivity index (χ0) is 14.5. The minimum Gasteiger partial charge on any atom is -0.493 e. The van der Waals surface area contributed by atoms with Gasteiger partial charge in [0.2, 0.25) is 0 Å². The maximum Gasteiger partial charge on any atom is 0.283 e. The summed E-state index contributed by atoms with van der Waals surface area (Å²) in [7, 11) is 1.45. The molecule has 0 heterocycles. The first kappa shape index (κ1) is 14.3. The van der Waals surface area contributed by atoms with E-state index in [4.69, 9.17) is 9.47 Å². The van der Waals surface area contributed by atoms with Gasteiger partial charge in [-0.2, -0.15) is 0 Å². The highest BCUT2D eigenvalue weighted by molar-refractivity contribution is 5.83. The highest BCUT2D eigenvalue weighted by Gasteiger charge is 2.22. The molecule has 20 heavy (non-hydrogen) atoms. The summed E-state index contributed by atoms with van der Waals surface area (Å²) >= 11 is 0. The van der Waals surface area contributed by atoms with Crippen molar-refractivity contribution >= 4 is 12.0 Å². The van der Waals surface area contributed by atoms with E-state index < -0.39 is 4.92 Å². The fourth-order valence-corrected chi connectivity index (χ4v) is 2.43. The number of nitrogens with zero attached hydrogens (tertiary/aromatic N) is 1. The summed E-state index contributed by atoms with van der Waals surface area (Å²) < 4.78 is 11.0. The molecule has 0 spiro atoms. The van der Waals surface area contributed by atoms with Gasteiger partial charge in [0.15, 0.2) is 17.8 Å². The van der Waals surface area contributed by atoms with Crippen LogP contribution in [0.4, 0.5) is 5.69 Å². The zero-order valence-electron chi connectivity index (χ0n) is 11.3. The Morgan fingerprint density at radius 1 is 1.25 bits per heavy atom. The highest BCUT2D eigenvalue weighted by Crippen LogP contribution is 2.36. The van der Waals surface area contributed by atoms with Crippen LogP contribution in [0.2, 0.25) is 0 Å². The predicted molar refractivity (Wildman–Crippen MR) is 72.5 cm³/mol. The fraction of sp³-hybridized carbons (Fsp3) is 0.500. The van der Waals surface area contributed by atoms with E-state index in [-0.39, 0.29) is 17.4 Å². The third-order valence-electron chi connectivity index (χ3n) is 3.48. The summed E-state index contributed by atoms with van der Waals surface area (Å²) in [5.41, 5.74) is -0.269. The predicted octanol–water partition coefficient (Wildman–Crippen LogP) is 3.13. The quantitative estimate of drug-likeness (QED) is 0.470. The van der Waals surface area contributed by atoms with E-state index in [0.29, 0.717) is 17.8 Å². The molecule has 0 unspecified atom stereocenters. The Hall–Kier alpha value is -2.11. The molecule has 0 N–H and O–H groups in total. The van der Waals surface area contributed by atoms with Gasteiger partial charge in [-0.05, 0) is 25.7 Å². The lowest BCUT2D eigenvalue weighted by atomic mass is 9.98. The monoisotopic (exact) mass is 279 g/mol. The number of carbonyl (C=O) groups excluding carboxylic acids is 1. The molecule has 0 aliphatic heterocycles. The Morgan fingerprint density at radius 2 is 1.95 bits per heavy atom. The highest BCUT2D eigenvalue weighted by atomic mass is 16.6. The Balaban J connectivity index is 2.32. The van der Waals surface area contributed by atoms with Crippen molar-refractivity contribution in [3.63, 3.8) is 0 Å². The Kier molecular flexibility index (Phi) is 4.55. The molecular formula is C14H17NO5. The van der Waals surface area contributed by atoms with Crippen molar-refractivity contribution in [1.29, 1.82) is 0 Å². The molecule has 2 rings (SSSR count). The molecule has 6 heteroatoms. The second-order valence-electron chi connectivity index (χ2n) is 4.81. The average Bonchev–Trinajstić information content (AvgIpc) is 2.47. The molecule has 0 saturated heterocycles. The van der Waals surface area contributed by atoms with Crippen LogP contribution in [0.3, 0.4) is 0 Å². The van der Waals surface area contributed by atoms with E-state index >= 15 is 0 Å². The van der Waals surface area contributed by atoms with Crippen molar-refractivity contribution in [2.75, 3.05) is 7.11 Å². The molecule has 1 aromatic rings. The third-order valence-corrected chi connectivity index (χ3v) is 3.48. The Bertz CT molecular complexity index is 509. The van der Waals surface area contributed by atoms with Crippen molar-refractivity contribution in [2.45, 2.75) is 38.2 Å². The van der Waals surface area contributed by atoms with Crippen molar-refractivity contribution < 1.29 is 19.2 Å². The number of carbonyl (C=O) groups is 1. The van der Waals surface area contributed by atoms with Crippen LogP contribution in [0.5, 0.6) is 11.5 Å². The van der Waals surface area contributed by atoms with Crippen LogP contribution in [0.1, 0.15) is 42.5 Å². The van der Waals surface area contributed by atoms with E-state index in [0.717, 1.165) is 25.7 Å². The summed E-state index contributed by atoms with van der Waals surface area (Å²) in [6, 6.07) is 2.63. The number of benzene rings is 1. The van der Waals surface area contributed by atoms with Crippen molar-refractivity contribution in [3.8, 4) is 11.5 Å². The number of rotatable bonds is 5. The van der Waals surface area contributed by atoms with Crippen molar-refractivity contribution in [2.24, 2.45) is 0 Å². The minimum absolute atomic E-state index is 0.0113. The maximum atomic E-state index is 11.0. The minimum atomic E-state index is -0.586. The van der Waals surface area contributed by atoms with Crippen LogP contribution in [-0.4, -0.2) is 24.4 Å². The summed E-state index contributed by atoms with van der Waals surface area (Å²) in [4.78, 5) is 21.3. The van der Waals surface area contributed by atoms with E-state index in [1.54, 1.807) is 0 Å². The average molecular weight is 279 g/mol. The van der Waals surface area contributed by atoms with E-state index in [1.165, 1.54) is 25.7 Å². The van der Waals surface area contributed by atoms with Crippen molar-refractivity contribution in [1.82, 2.24) is 0 Å².